The molecule has 1 saturated heterocycles. The van der Waals surface area contributed by atoms with Gasteiger partial charge in [0.05, 0.1) is 16.2 Å². The SMILES string of the molecule is CC(C)N(C)C1CCC(CS(=O)(=O)c2ccccc2)(N2CC[C@H](Nc3ncnn4cc(C56CC7CC(CC(C7)C5)C6)cc34)C2=O)CC1. The minimum Gasteiger partial charge on any atom is -0.356 e. The van der Waals surface area contributed by atoms with E-state index in [9.17, 15) is 13.2 Å². The summed E-state index contributed by atoms with van der Waals surface area (Å²) >= 11 is 0. The number of nitrogens with zero attached hydrogens (tertiary/aromatic N) is 5. The zero-order valence-electron chi connectivity index (χ0n) is 28.1. The molecule has 252 valence electrons. The van der Waals surface area contributed by atoms with Crippen molar-refractivity contribution >= 4 is 27.1 Å². The van der Waals surface area contributed by atoms with Crippen molar-refractivity contribution in [1.82, 2.24) is 24.4 Å². The van der Waals surface area contributed by atoms with Crippen LogP contribution in [-0.4, -0.2) is 81.7 Å². The first-order valence-electron chi connectivity index (χ1n) is 18.0. The summed E-state index contributed by atoms with van der Waals surface area (Å²) in [6.45, 7) is 4.93. The number of nitrogens with one attached hydrogen (secondary N) is 1. The summed E-state index contributed by atoms with van der Waals surface area (Å²) in [4.78, 5) is 23.6. The third-order valence-electron chi connectivity index (χ3n) is 13.0. The summed E-state index contributed by atoms with van der Waals surface area (Å²) in [5.74, 6) is 3.18. The summed E-state index contributed by atoms with van der Waals surface area (Å²) in [5.41, 5.74) is 1.81. The first kappa shape index (κ1) is 31.3. The molecule has 9 rings (SSSR count). The number of anilines is 1. The fraction of sp³-hybridized carbons (Fsp3) is 0.649. The molecule has 0 spiro atoms. The highest BCUT2D eigenvalue weighted by Crippen LogP contribution is 2.61. The van der Waals surface area contributed by atoms with Gasteiger partial charge in [-0.2, -0.15) is 5.10 Å². The Morgan fingerprint density at radius 3 is 2.30 bits per heavy atom. The van der Waals surface area contributed by atoms with E-state index in [0.717, 1.165) is 36.1 Å². The highest BCUT2D eigenvalue weighted by atomic mass is 32.2. The minimum atomic E-state index is -3.61. The van der Waals surface area contributed by atoms with Crippen LogP contribution in [0.3, 0.4) is 0 Å². The highest BCUT2D eigenvalue weighted by Gasteiger charge is 2.53. The summed E-state index contributed by atoms with van der Waals surface area (Å²) in [6.07, 6.45) is 15.5. The minimum absolute atomic E-state index is 0.0199. The van der Waals surface area contributed by atoms with Crippen LogP contribution in [0.1, 0.15) is 90.0 Å². The maximum absolute atomic E-state index is 14.3. The number of hydrogen-bond donors (Lipinski definition) is 1. The van der Waals surface area contributed by atoms with Crippen molar-refractivity contribution in [1.29, 1.82) is 0 Å². The third-order valence-corrected chi connectivity index (χ3v) is 14.9. The van der Waals surface area contributed by atoms with Gasteiger partial charge >= 0.3 is 0 Å². The van der Waals surface area contributed by atoms with E-state index < -0.39 is 21.4 Å². The van der Waals surface area contributed by atoms with Crippen molar-refractivity contribution in [3.63, 3.8) is 0 Å². The molecule has 1 atom stereocenters. The number of benzene rings is 1. The molecule has 10 heteroatoms. The molecule has 47 heavy (non-hydrogen) atoms. The van der Waals surface area contributed by atoms with Crippen LogP contribution in [0.15, 0.2) is 53.8 Å². The van der Waals surface area contributed by atoms with Crippen LogP contribution in [0.25, 0.3) is 5.52 Å². The van der Waals surface area contributed by atoms with Crippen molar-refractivity contribution < 1.29 is 13.2 Å². The maximum Gasteiger partial charge on any atom is 0.245 e. The molecule has 3 aromatic rings. The van der Waals surface area contributed by atoms with Crippen LogP contribution >= 0.6 is 0 Å². The van der Waals surface area contributed by atoms with Gasteiger partial charge in [0.2, 0.25) is 5.91 Å². The lowest BCUT2D eigenvalue weighted by molar-refractivity contribution is -0.134. The molecule has 6 aliphatic rings. The Balaban J connectivity index is 1.05. The number of fused-ring (bicyclic) bond motifs is 1. The molecule has 5 saturated carbocycles. The molecular weight excluding hydrogens is 609 g/mol. The van der Waals surface area contributed by atoms with Crippen molar-refractivity contribution in [2.24, 2.45) is 17.8 Å². The summed E-state index contributed by atoms with van der Waals surface area (Å²) in [6, 6.07) is 11.3. The largest absolute Gasteiger partial charge is 0.356 e. The van der Waals surface area contributed by atoms with E-state index in [2.05, 4.69) is 53.5 Å². The molecule has 1 N–H and O–H groups in total. The van der Waals surface area contributed by atoms with Gasteiger partial charge in [-0.1, -0.05) is 18.2 Å². The van der Waals surface area contributed by atoms with Gasteiger partial charge in [-0.05, 0) is 138 Å². The number of rotatable bonds is 9. The van der Waals surface area contributed by atoms with Gasteiger partial charge in [-0.15, -0.1) is 0 Å². The second-order valence-electron chi connectivity index (χ2n) is 16.1. The van der Waals surface area contributed by atoms with Crippen molar-refractivity contribution in [3.05, 3.63) is 54.5 Å². The lowest BCUT2D eigenvalue weighted by atomic mass is 9.48. The van der Waals surface area contributed by atoms with Gasteiger partial charge < -0.3 is 15.1 Å². The van der Waals surface area contributed by atoms with Gasteiger partial charge in [0, 0.05) is 24.8 Å². The molecule has 5 aliphatic carbocycles. The number of carbonyl (C=O) groups excluding carboxylic acids is 1. The predicted molar refractivity (Wildman–Crippen MR) is 183 cm³/mol. The van der Waals surface area contributed by atoms with E-state index >= 15 is 0 Å². The van der Waals surface area contributed by atoms with E-state index in [1.54, 1.807) is 30.6 Å². The van der Waals surface area contributed by atoms with E-state index in [1.165, 1.54) is 44.1 Å². The molecule has 0 unspecified atom stereocenters. The average molecular weight is 659 g/mol. The molecule has 2 aromatic heterocycles. The number of aromatic nitrogens is 3. The normalized spacial score (nSPS) is 33.9. The molecule has 1 amide bonds. The Morgan fingerprint density at radius 2 is 1.66 bits per heavy atom. The van der Waals surface area contributed by atoms with Gasteiger partial charge in [-0.3, -0.25) is 4.79 Å². The third kappa shape index (κ3) is 5.47. The fourth-order valence-electron chi connectivity index (χ4n) is 10.8. The number of hydrogen-bond acceptors (Lipinski definition) is 7. The number of sulfone groups is 1. The smallest absolute Gasteiger partial charge is 0.245 e. The predicted octanol–water partition coefficient (Wildman–Crippen LogP) is 5.71. The maximum atomic E-state index is 14.3. The Morgan fingerprint density at radius 1 is 1.00 bits per heavy atom. The van der Waals surface area contributed by atoms with Crippen LogP contribution < -0.4 is 5.32 Å². The lowest BCUT2D eigenvalue weighted by Crippen LogP contribution is -2.58. The Kier molecular flexibility index (Phi) is 7.71. The molecule has 1 aromatic carbocycles. The van der Waals surface area contributed by atoms with Crippen LogP contribution in [0.2, 0.25) is 0 Å². The zero-order chi connectivity index (χ0) is 32.6. The second kappa shape index (κ2) is 11.6. The number of carbonyl (C=O) groups is 1. The first-order chi connectivity index (χ1) is 22.5. The Labute approximate surface area is 279 Å². The second-order valence-corrected chi connectivity index (χ2v) is 18.1. The molecule has 9 nitrogen and oxygen atoms in total. The van der Waals surface area contributed by atoms with Gasteiger partial charge in [0.1, 0.15) is 17.9 Å². The lowest BCUT2D eigenvalue weighted by Gasteiger charge is -2.56. The van der Waals surface area contributed by atoms with E-state index in [0.29, 0.717) is 48.6 Å². The number of amides is 1. The summed E-state index contributed by atoms with van der Waals surface area (Å²) in [7, 11) is -1.45. The quantitative estimate of drug-likeness (QED) is 0.315. The van der Waals surface area contributed by atoms with Gasteiger partial charge in [-0.25, -0.2) is 17.9 Å². The molecule has 4 bridgehead atoms. The topological polar surface area (TPSA) is 99.9 Å². The monoisotopic (exact) mass is 658 g/mol. The van der Waals surface area contributed by atoms with Crippen LogP contribution in [0.5, 0.6) is 0 Å². The van der Waals surface area contributed by atoms with Gasteiger partial charge in [0.15, 0.2) is 15.7 Å². The zero-order valence-corrected chi connectivity index (χ0v) is 29.0. The molecule has 0 radical (unpaired) electrons. The standard InChI is InChI=1S/C37H50N6O3S/c1-25(2)41(3)30-9-12-37(13-10-30,23-47(45,46)31-7-5-4-6-8-31)42-14-11-32(35(42)44)40-34-33-18-29(22-43(33)39-24-38-34)36-19-26-15-27(20-36)17-28(16-26)21-36/h4-8,18,22,24-28,30,32H,9-17,19-21,23H2,1-3H3,(H,38,39,40)/t26?,27?,28?,30?,32-,36?,37?/m0/s1. The van der Waals surface area contributed by atoms with Gasteiger partial charge in [0.25, 0.3) is 0 Å². The first-order valence-corrected chi connectivity index (χ1v) is 19.6. The summed E-state index contributed by atoms with van der Waals surface area (Å²) < 4.78 is 29.7. The van der Waals surface area contributed by atoms with E-state index in [-0.39, 0.29) is 17.1 Å². The molecule has 6 fully saturated rings. The molecule has 3 heterocycles. The Bertz CT molecular complexity index is 1710. The van der Waals surface area contributed by atoms with E-state index in [1.807, 2.05) is 15.5 Å². The van der Waals surface area contributed by atoms with E-state index in [4.69, 9.17) is 0 Å². The van der Waals surface area contributed by atoms with Crippen LogP contribution in [-0.2, 0) is 20.0 Å². The van der Waals surface area contributed by atoms with Crippen molar-refractivity contribution in [3.8, 4) is 0 Å². The van der Waals surface area contributed by atoms with Crippen LogP contribution in [0, 0.1) is 17.8 Å². The highest BCUT2D eigenvalue weighted by molar-refractivity contribution is 7.91. The van der Waals surface area contributed by atoms with Crippen LogP contribution in [0.4, 0.5) is 5.82 Å². The Hall–Kier alpha value is -2.98. The van der Waals surface area contributed by atoms with Crippen molar-refractivity contribution in [2.45, 2.75) is 118 Å². The molecular formula is C37H50N6O3S. The summed E-state index contributed by atoms with van der Waals surface area (Å²) in [5, 5.41) is 8.11. The fourth-order valence-corrected chi connectivity index (χ4v) is 12.7. The van der Waals surface area contributed by atoms with Crippen molar-refractivity contribution in [2.75, 3.05) is 24.7 Å². The average Bonchev–Trinajstić information content (AvgIpc) is 3.66. The number of likely N-dealkylation sites (tertiary alicyclic amines) is 1. The molecule has 1 aliphatic heterocycles.